The Kier molecular flexibility index (Phi) is 11.8. The van der Waals surface area contributed by atoms with E-state index in [1.807, 2.05) is 41.5 Å². The van der Waals surface area contributed by atoms with E-state index in [-0.39, 0.29) is 18.2 Å². The van der Waals surface area contributed by atoms with E-state index in [0.717, 1.165) is 16.3 Å². The molecule has 1 rings (SSSR count). The number of rotatable bonds is 6. The highest BCUT2D eigenvalue weighted by Crippen LogP contribution is 2.67. The third-order valence-corrected chi connectivity index (χ3v) is 9.56. The van der Waals surface area contributed by atoms with Crippen LogP contribution in [-0.2, 0) is 44.1 Å². The zero-order chi connectivity index (χ0) is 27.6. The van der Waals surface area contributed by atoms with Crippen molar-refractivity contribution in [2.24, 2.45) is 0 Å². The van der Waals surface area contributed by atoms with Crippen LogP contribution >= 0.6 is 24.9 Å². The molecule has 0 bridgehead atoms. The molecule has 9 nitrogen and oxygen atoms in total. The molecule has 13 heteroatoms. The van der Waals surface area contributed by atoms with Gasteiger partial charge in [-0.1, -0.05) is 0 Å². The van der Waals surface area contributed by atoms with Crippen molar-refractivity contribution in [2.75, 3.05) is 7.05 Å². The van der Waals surface area contributed by atoms with Crippen molar-refractivity contribution in [3.63, 3.8) is 0 Å². The molecule has 0 spiro atoms. The Labute approximate surface area is 214 Å². The first-order chi connectivity index (χ1) is 14.6. The molecule has 1 N–H and O–H groups in total. The Morgan fingerprint density at radius 3 is 1.38 bits per heavy atom. The highest BCUT2D eigenvalue weighted by atomic mass is 32.7. The van der Waals surface area contributed by atoms with Gasteiger partial charge in [-0.25, -0.2) is 4.57 Å². The van der Waals surface area contributed by atoms with Gasteiger partial charge in [0.25, 0.3) is 0 Å². The van der Waals surface area contributed by atoms with Gasteiger partial charge in [-0.05, 0) is 106 Å². The molecule has 0 aromatic carbocycles. The maximum absolute atomic E-state index is 13.0. The first-order valence-corrected chi connectivity index (χ1v) is 16.5. The molecule has 1 fully saturated rings. The Morgan fingerprint density at radius 2 is 1.15 bits per heavy atom. The summed E-state index contributed by atoms with van der Waals surface area (Å²) >= 11 is 5.68. The van der Waals surface area contributed by atoms with E-state index in [4.69, 9.17) is 29.9 Å². The van der Waals surface area contributed by atoms with Crippen LogP contribution in [0.5, 0.6) is 0 Å². The third-order valence-electron chi connectivity index (χ3n) is 3.15. The average Bonchev–Trinajstić information content (AvgIpc) is 2.65. The average molecular weight is 564 g/mol. The van der Waals surface area contributed by atoms with Crippen LogP contribution in [0.15, 0.2) is 0 Å². The van der Waals surface area contributed by atoms with Crippen molar-refractivity contribution in [1.29, 1.82) is 0 Å². The van der Waals surface area contributed by atoms with Crippen LogP contribution in [0.1, 0.15) is 89.5 Å². The van der Waals surface area contributed by atoms with Gasteiger partial charge < -0.3 is 13.9 Å². The van der Waals surface area contributed by atoms with Crippen LogP contribution in [0.3, 0.4) is 0 Å². The number of nitrogens with zero attached hydrogens (tertiary/aromatic N) is 1. The molecule has 1 saturated heterocycles. The van der Waals surface area contributed by atoms with Gasteiger partial charge >= 0.3 is 13.5 Å². The normalized spacial score (nSPS) is 18.8. The molecule has 1 atom stereocenters. The minimum Gasteiger partial charge on any atom is -0.324 e. The van der Waals surface area contributed by atoms with Gasteiger partial charge in [-0.3, -0.25) is 23.5 Å². The lowest BCUT2D eigenvalue weighted by atomic mass is 10.2. The van der Waals surface area contributed by atoms with Crippen LogP contribution < -0.4 is 0 Å². The lowest BCUT2D eigenvalue weighted by Crippen LogP contribution is -2.27. The molecule has 2 amide bonds. The highest BCUT2D eigenvalue weighted by Gasteiger charge is 2.45. The zero-order valence-electron chi connectivity index (χ0n) is 22.7. The van der Waals surface area contributed by atoms with Gasteiger partial charge in [-0.2, -0.15) is 0 Å². The molecule has 0 aromatic rings. The van der Waals surface area contributed by atoms with E-state index < -0.39 is 41.2 Å². The summed E-state index contributed by atoms with van der Waals surface area (Å²) in [5.41, 5.74) is -2.33. The van der Waals surface area contributed by atoms with E-state index in [1.165, 1.54) is 7.05 Å². The van der Waals surface area contributed by atoms with E-state index in [0.29, 0.717) is 0 Å². The highest BCUT2D eigenvalue weighted by molar-refractivity contribution is 8.55. The Morgan fingerprint density at radius 1 is 0.824 bits per heavy atom. The molecular formula is C21H43NO8P2S2. The van der Waals surface area contributed by atoms with Gasteiger partial charge in [-0.15, -0.1) is 0 Å². The molecule has 1 unspecified atom stereocenters. The second-order valence-corrected chi connectivity index (χ2v) is 18.5. The van der Waals surface area contributed by atoms with Gasteiger partial charge in [0.2, 0.25) is 11.8 Å². The second kappa shape index (κ2) is 11.7. The summed E-state index contributed by atoms with van der Waals surface area (Å²) in [6, 6.07) is 0. The number of hydrogen-bond donors (Lipinski definition) is 1. The van der Waals surface area contributed by atoms with E-state index in [1.54, 1.807) is 41.5 Å². The Bertz CT molecular complexity index is 783. The second-order valence-electron chi connectivity index (χ2n) is 11.8. The standard InChI is InChI=1S/C13H24NO5PS.C8H19O3PS/c1-12(2,3)18-20(17,19-13(4,5)6)21-9-8-10(15)14(7)11(9)16;1-7(2,3)10-12(9,13)11-8(4,5)6/h9H,8H2,1-7H3;1-6H3,(H,9,13). The molecule has 0 radical (unpaired) electrons. The minimum atomic E-state index is -3.59. The predicted molar refractivity (Wildman–Crippen MR) is 141 cm³/mol. The van der Waals surface area contributed by atoms with Crippen molar-refractivity contribution >= 4 is 48.5 Å². The lowest BCUT2D eigenvalue weighted by Gasteiger charge is -2.32. The molecule has 34 heavy (non-hydrogen) atoms. The van der Waals surface area contributed by atoms with Crippen molar-refractivity contribution in [3.05, 3.63) is 0 Å². The SMILES string of the molecule is CC(C)(C)OP(O)(=S)OC(C)(C)C.CN1C(=O)CC(SP(=O)(OC(C)(C)C)OC(C)(C)C)C1=O. The van der Waals surface area contributed by atoms with E-state index in [9.17, 15) is 19.0 Å². The zero-order valence-corrected chi connectivity index (χ0v) is 26.2. The topological polar surface area (TPSA) is 112 Å². The first-order valence-electron chi connectivity index (χ1n) is 10.9. The first kappa shape index (κ1) is 34.2. The summed E-state index contributed by atoms with van der Waals surface area (Å²) in [6.07, 6.45) is 0.0188. The van der Waals surface area contributed by atoms with Gasteiger partial charge in [0.1, 0.15) is 5.25 Å². The number of hydrogen-bond acceptors (Lipinski definition) is 9. The van der Waals surface area contributed by atoms with E-state index >= 15 is 0 Å². The van der Waals surface area contributed by atoms with Crippen molar-refractivity contribution in [3.8, 4) is 0 Å². The molecule has 1 heterocycles. The molecule has 0 aromatic heterocycles. The number of carbonyl (C=O) groups excluding carboxylic acids is 2. The summed E-state index contributed by atoms with van der Waals surface area (Å²) in [5.74, 6) is -0.643. The molecule has 1 aliphatic rings. The largest absolute Gasteiger partial charge is 0.390 e. The number of likely N-dealkylation sites (tertiary alicyclic amines) is 1. The summed E-state index contributed by atoms with van der Waals surface area (Å²) < 4.78 is 34.7. The molecule has 0 aliphatic carbocycles. The van der Waals surface area contributed by atoms with Gasteiger partial charge in [0, 0.05) is 13.5 Å². The van der Waals surface area contributed by atoms with Crippen LogP contribution in [0.4, 0.5) is 0 Å². The molecule has 0 saturated carbocycles. The van der Waals surface area contributed by atoms with Gasteiger partial charge in [0.15, 0.2) is 0 Å². The predicted octanol–water partition coefficient (Wildman–Crippen LogP) is 6.05. The number of imide groups is 1. The number of amides is 2. The van der Waals surface area contributed by atoms with Gasteiger partial charge in [0.05, 0.1) is 22.4 Å². The third kappa shape index (κ3) is 15.3. The molecule has 1 aliphatic heterocycles. The minimum absolute atomic E-state index is 0.0188. The van der Waals surface area contributed by atoms with Crippen molar-refractivity contribution in [2.45, 2.75) is 117 Å². The fraction of sp³-hybridized carbons (Fsp3) is 0.905. The maximum Gasteiger partial charge on any atom is 0.390 e. The van der Waals surface area contributed by atoms with Crippen molar-refractivity contribution < 1.29 is 37.1 Å². The lowest BCUT2D eigenvalue weighted by molar-refractivity contribution is -0.136. The molecule has 202 valence electrons. The van der Waals surface area contributed by atoms with Crippen molar-refractivity contribution in [1.82, 2.24) is 4.90 Å². The maximum atomic E-state index is 13.0. The monoisotopic (exact) mass is 563 g/mol. The quantitative estimate of drug-likeness (QED) is 0.303. The van der Waals surface area contributed by atoms with Crippen LogP contribution in [-0.4, -0.2) is 56.3 Å². The molecular weight excluding hydrogens is 520 g/mol. The summed E-state index contributed by atoms with van der Waals surface area (Å²) in [7, 11) is 1.42. The fourth-order valence-electron chi connectivity index (χ4n) is 2.40. The van der Waals surface area contributed by atoms with Crippen LogP contribution in [0.25, 0.3) is 0 Å². The smallest absolute Gasteiger partial charge is 0.324 e. The van der Waals surface area contributed by atoms with Crippen LogP contribution in [0, 0.1) is 0 Å². The Balaban J connectivity index is 0.000000722. The Hall–Kier alpha value is 0.170. The van der Waals surface area contributed by atoms with E-state index in [2.05, 4.69) is 0 Å². The summed E-state index contributed by atoms with van der Waals surface area (Å²) in [5, 5.41) is -0.724. The number of carbonyl (C=O) groups is 2. The summed E-state index contributed by atoms with van der Waals surface area (Å²) in [6.45, 7) is 14.9. The fourth-order valence-corrected chi connectivity index (χ4v) is 10.4. The summed E-state index contributed by atoms with van der Waals surface area (Å²) in [4.78, 5) is 34.3. The van der Waals surface area contributed by atoms with Crippen LogP contribution in [0.2, 0.25) is 0 Å².